The number of carbonyl (C=O) groups excluding carboxylic acids is 2. The van der Waals surface area contributed by atoms with Crippen LogP contribution in [0.25, 0.3) is 5.69 Å². The van der Waals surface area contributed by atoms with Crippen LogP contribution >= 0.6 is 0 Å². The molecule has 0 fully saturated rings. The maximum absolute atomic E-state index is 12.7. The first-order valence-electron chi connectivity index (χ1n) is 9.98. The lowest BCUT2D eigenvalue weighted by atomic mass is 10.1. The highest BCUT2D eigenvalue weighted by Gasteiger charge is 2.21. The van der Waals surface area contributed by atoms with Crippen molar-refractivity contribution in [3.63, 3.8) is 0 Å². The molecule has 0 saturated carbocycles. The van der Waals surface area contributed by atoms with Crippen LogP contribution in [0.15, 0.2) is 49.1 Å². The van der Waals surface area contributed by atoms with Gasteiger partial charge in [-0.25, -0.2) is 4.79 Å². The van der Waals surface area contributed by atoms with E-state index in [-0.39, 0.29) is 12.4 Å². The summed E-state index contributed by atoms with van der Waals surface area (Å²) in [5, 5.41) is 0. The summed E-state index contributed by atoms with van der Waals surface area (Å²) < 4.78 is 9.41. The average molecular weight is 405 g/mol. The van der Waals surface area contributed by atoms with Crippen LogP contribution in [0.1, 0.15) is 49.1 Å². The first-order valence-corrected chi connectivity index (χ1v) is 9.98. The summed E-state index contributed by atoms with van der Waals surface area (Å²) in [5.41, 5.74) is 6.76. The van der Waals surface area contributed by atoms with Gasteiger partial charge < -0.3 is 13.9 Å². The number of nitrogens with zero attached hydrogens (tertiary/aromatic N) is 2. The van der Waals surface area contributed by atoms with Crippen molar-refractivity contribution in [1.82, 2.24) is 9.13 Å². The van der Waals surface area contributed by atoms with Crippen LogP contribution in [0, 0.1) is 34.6 Å². The topological polar surface area (TPSA) is 53.2 Å². The summed E-state index contributed by atoms with van der Waals surface area (Å²) >= 11 is 0. The second-order valence-corrected chi connectivity index (χ2v) is 7.64. The predicted molar refractivity (Wildman–Crippen MR) is 119 cm³/mol. The van der Waals surface area contributed by atoms with Crippen LogP contribution < -0.4 is 0 Å². The molecule has 0 radical (unpaired) electrons. The number of aromatic nitrogens is 2. The van der Waals surface area contributed by atoms with E-state index < -0.39 is 5.97 Å². The molecule has 0 aliphatic heterocycles. The molecular weight excluding hydrogens is 376 g/mol. The van der Waals surface area contributed by atoms with Gasteiger partial charge in [0.1, 0.15) is 0 Å². The van der Waals surface area contributed by atoms with Crippen LogP contribution in [-0.2, 0) is 11.3 Å². The molecule has 0 spiro atoms. The summed E-state index contributed by atoms with van der Waals surface area (Å²) in [5.74, 6) is -0.700. The average Bonchev–Trinajstić information content (AvgIpc) is 3.17. The zero-order valence-electron chi connectivity index (χ0n) is 18.3. The first kappa shape index (κ1) is 21.4. The third-order valence-corrected chi connectivity index (χ3v) is 5.46. The molecule has 1 aromatic carbocycles. The largest absolute Gasteiger partial charge is 0.454 e. The molecule has 156 valence electrons. The Bertz CT molecular complexity index is 1110. The number of esters is 1. The normalized spacial score (nSPS) is 10.8. The fourth-order valence-corrected chi connectivity index (χ4v) is 3.84. The maximum Gasteiger partial charge on any atom is 0.340 e. The molecule has 0 saturated heterocycles. The molecule has 30 heavy (non-hydrogen) atoms. The van der Waals surface area contributed by atoms with E-state index in [2.05, 4.69) is 6.58 Å². The van der Waals surface area contributed by atoms with Gasteiger partial charge in [-0.3, -0.25) is 4.79 Å². The number of Topliss-reactive ketones (excluding diaryl/α,β-unsaturated/α-hetero) is 1. The second-order valence-electron chi connectivity index (χ2n) is 7.64. The van der Waals surface area contributed by atoms with E-state index in [0.717, 1.165) is 28.5 Å². The SMILES string of the molecule is C=CCn1c(C)cc(C(=O)COC(=O)c2cc(C)n(-c3ccc(C)cc3)c2C)c1C. The third kappa shape index (κ3) is 4.01. The number of hydrogen-bond acceptors (Lipinski definition) is 3. The molecule has 0 N–H and O–H groups in total. The van der Waals surface area contributed by atoms with E-state index in [1.165, 1.54) is 5.56 Å². The van der Waals surface area contributed by atoms with E-state index in [0.29, 0.717) is 17.7 Å². The molecule has 0 amide bonds. The van der Waals surface area contributed by atoms with Crippen molar-refractivity contribution >= 4 is 11.8 Å². The summed E-state index contributed by atoms with van der Waals surface area (Å²) in [6, 6.07) is 11.7. The monoisotopic (exact) mass is 404 g/mol. The van der Waals surface area contributed by atoms with Crippen molar-refractivity contribution in [3.05, 3.63) is 88.5 Å². The molecule has 0 atom stereocenters. The Morgan fingerprint density at radius 2 is 1.57 bits per heavy atom. The smallest absolute Gasteiger partial charge is 0.340 e. The number of hydrogen-bond donors (Lipinski definition) is 0. The van der Waals surface area contributed by atoms with E-state index in [4.69, 9.17) is 4.74 Å². The van der Waals surface area contributed by atoms with Crippen LogP contribution in [0.5, 0.6) is 0 Å². The van der Waals surface area contributed by atoms with Crippen molar-refractivity contribution < 1.29 is 14.3 Å². The third-order valence-electron chi connectivity index (χ3n) is 5.46. The zero-order chi connectivity index (χ0) is 22.0. The van der Waals surface area contributed by atoms with E-state index in [9.17, 15) is 9.59 Å². The van der Waals surface area contributed by atoms with Crippen molar-refractivity contribution in [1.29, 1.82) is 0 Å². The van der Waals surface area contributed by atoms with Crippen LogP contribution in [-0.4, -0.2) is 27.5 Å². The van der Waals surface area contributed by atoms with Gasteiger partial charge >= 0.3 is 5.97 Å². The van der Waals surface area contributed by atoms with Crippen LogP contribution in [0.4, 0.5) is 0 Å². The number of ketones is 1. The number of benzene rings is 1. The first-order chi connectivity index (χ1) is 14.2. The molecule has 0 unspecified atom stereocenters. The summed E-state index contributed by atoms with van der Waals surface area (Å²) in [7, 11) is 0. The Kier molecular flexibility index (Phi) is 6.11. The predicted octanol–water partition coefficient (Wildman–Crippen LogP) is 5.05. The molecule has 0 aliphatic carbocycles. The quantitative estimate of drug-likeness (QED) is 0.315. The molecule has 3 aromatic rings. The van der Waals surface area contributed by atoms with Gasteiger partial charge in [-0.05, 0) is 58.9 Å². The number of rotatable bonds is 7. The molecule has 5 heteroatoms. The summed E-state index contributed by atoms with van der Waals surface area (Å²) in [4.78, 5) is 25.4. The second kappa shape index (κ2) is 8.57. The molecular formula is C25H28N2O3. The summed E-state index contributed by atoms with van der Waals surface area (Å²) in [6.07, 6.45) is 1.79. The van der Waals surface area contributed by atoms with Crippen LogP contribution in [0.2, 0.25) is 0 Å². The minimum Gasteiger partial charge on any atom is -0.454 e. The fraction of sp³-hybridized carbons (Fsp3) is 0.280. The van der Waals surface area contributed by atoms with Gasteiger partial charge in [-0.1, -0.05) is 23.8 Å². The van der Waals surface area contributed by atoms with Gasteiger partial charge in [0.25, 0.3) is 0 Å². The number of ether oxygens (including phenoxy) is 1. The lowest BCUT2D eigenvalue weighted by Gasteiger charge is -2.10. The van der Waals surface area contributed by atoms with Crippen molar-refractivity contribution in [2.75, 3.05) is 6.61 Å². The lowest BCUT2D eigenvalue weighted by Crippen LogP contribution is -2.15. The van der Waals surface area contributed by atoms with E-state index >= 15 is 0 Å². The van der Waals surface area contributed by atoms with Gasteiger partial charge in [0, 0.05) is 40.6 Å². The number of allylic oxidation sites excluding steroid dienone is 1. The van der Waals surface area contributed by atoms with Crippen molar-refractivity contribution in [2.45, 2.75) is 41.2 Å². The minimum absolute atomic E-state index is 0.209. The van der Waals surface area contributed by atoms with Gasteiger partial charge in [0.15, 0.2) is 6.61 Å². The lowest BCUT2D eigenvalue weighted by molar-refractivity contribution is 0.0474. The minimum atomic E-state index is -0.491. The van der Waals surface area contributed by atoms with Gasteiger partial charge in [-0.2, -0.15) is 0 Å². The molecule has 5 nitrogen and oxygen atoms in total. The highest BCUT2D eigenvalue weighted by atomic mass is 16.5. The zero-order valence-corrected chi connectivity index (χ0v) is 18.3. The Morgan fingerprint density at radius 3 is 2.20 bits per heavy atom. The van der Waals surface area contributed by atoms with Crippen molar-refractivity contribution in [3.8, 4) is 5.69 Å². The van der Waals surface area contributed by atoms with Crippen LogP contribution in [0.3, 0.4) is 0 Å². The number of aryl methyl sites for hydroxylation is 3. The van der Waals surface area contributed by atoms with Gasteiger partial charge in [-0.15, -0.1) is 6.58 Å². The molecule has 0 aliphatic rings. The molecule has 2 aromatic heterocycles. The Labute approximate surface area is 177 Å². The maximum atomic E-state index is 12.7. The Morgan fingerprint density at radius 1 is 0.933 bits per heavy atom. The Hall–Kier alpha value is -3.34. The Balaban J connectivity index is 1.77. The van der Waals surface area contributed by atoms with Crippen molar-refractivity contribution in [2.24, 2.45) is 0 Å². The standard InChI is InChI=1S/C25H28N2O3/c1-7-12-26-17(3)13-22(19(26)5)24(28)15-30-25(29)23-14-18(4)27(20(23)6)21-10-8-16(2)9-11-21/h7-11,13-14H,1,12,15H2,2-6H3. The molecule has 0 bridgehead atoms. The van der Waals surface area contributed by atoms with Gasteiger partial charge in [0.05, 0.1) is 5.56 Å². The highest BCUT2D eigenvalue weighted by Crippen LogP contribution is 2.22. The number of carbonyl (C=O) groups is 2. The fourth-order valence-electron chi connectivity index (χ4n) is 3.84. The summed E-state index contributed by atoms with van der Waals surface area (Å²) in [6.45, 7) is 13.8. The molecule has 2 heterocycles. The molecule has 3 rings (SSSR count). The van der Waals surface area contributed by atoms with E-state index in [1.54, 1.807) is 12.1 Å². The van der Waals surface area contributed by atoms with E-state index in [1.807, 2.05) is 74.1 Å². The van der Waals surface area contributed by atoms with Gasteiger partial charge in [0.2, 0.25) is 5.78 Å². The highest BCUT2D eigenvalue weighted by molar-refractivity contribution is 6.00.